The van der Waals surface area contributed by atoms with E-state index in [1.807, 2.05) is 26.8 Å². The van der Waals surface area contributed by atoms with Crippen LogP contribution >= 0.6 is 11.8 Å². The summed E-state index contributed by atoms with van der Waals surface area (Å²) in [4.78, 5) is 1.71. The van der Waals surface area contributed by atoms with Crippen molar-refractivity contribution in [1.82, 2.24) is 0 Å². The van der Waals surface area contributed by atoms with Gasteiger partial charge in [0.1, 0.15) is 5.82 Å². The molecule has 1 atom stereocenters. The van der Waals surface area contributed by atoms with E-state index in [1.165, 1.54) is 23.4 Å². The Bertz CT molecular complexity index is 593. The molecule has 0 aliphatic carbocycles. The van der Waals surface area contributed by atoms with Crippen LogP contribution in [0.3, 0.4) is 0 Å². The van der Waals surface area contributed by atoms with Crippen molar-refractivity contribution < 1.29 is 4.39 Å². The number of hydrogen-bond acceptors (Lipinski definition) is 2. The Morgan fingerprint density at radius 3 is 2.58 bits per heavy atom. The van der Waals surface area contributed by atoms with Gasteiger partial charge in [0.25, 0.3) is 0 Å². The molecule has 0 aromatic heterocycles. The van der Waals surface area contributed by atoms with Gasteiger partial charge in [0.2, 0.25) is 0 Å². The number of benzene rings is 2. The summed E-state index contributed by atoms with van der Waals surface area (Å²) in [6.07, 6.45) is 0. The predicted octanol–water partition coefficient (Wildman–Crippen LogP) is 4.61. The Balaban J connectivity index is 2.46. The van der Waals surface area contributed by atoms with Crippen LogP contribution in [0.1, 0.15) is 29.7 Å². The van der Waals surface area contributed by atoms with E-state index in [0.29, 0.717) is 4.90 Å². The third kappa shape index (κ3) is 3.17. The van der Waals surface area contributed by atoms with Crippen LogP contribution in [-0.2, 0) is 0 Å². The molecule has 0 saturated heterocycles. The third-order valence-corrected chi connectivity index (χ3v) is 4.34. The van der Waals surface area contributed by atoms with E-state index in [1.54, 1.807) is 6.07 Å². The van der Waals surface area contributed by atoms with Gasteiger partial charge >= 0.3 is 0 Å². The number of hydrogen-bond donors (Lipinski definition) is 1. The van der Waals surface area contributed by atoms with Gasteiger partial charge in [-0.1, -0.05) is 36.0 Å². The van der Waals surface area contributed by atoms with Crippen molar-refractivity contribution in [2.45, 2.75) is 36.6 Å². The molecule has 2 rings (SSSR count). The summed E-state index contributed by atoms with van der Waals surface area (Å²) in [6, 6.07) is 11.1. The van der Waals surface area contributed by atoms with Gasteiger partial charge in [-0.3, -0.25) is 0 Å². The van der Waals surface area contributed by atoms with Gasteiger partial charge in [0, 0.05) is 10.9 Å². The zero-order valence-corrected chi connectivity index (χ0v) is 12.2. The monoisotopic (exact) mass is 275 g/mol. The first-order valence-corrected chi connectivity index (χ1v) is 7.10. The van der Waals surface area contributed by atoms with Gasteiger partial charge in [-0.2, -0.15) is 0 Å². The van der Waals surface area contributed by atoms with E-state index < -0.39 is 0 Å². The van der Waals surface area contributed by atoms with E-state index in [0.717, 1.165) is 16.0 Å². The fraction of sp³-hybridized carbons (Fsp3) is 0.250. The number of rotatable bonds is 3. The summed E-state index contributed by atoms with van der Waals surface area (Å²) in [6.45, 7) is 5.95. The summed E-state index contributed by atoms with van der Waals surface area (Å²) in [5.41, 5.74) is 9.10. The molecule has 19 heavy (non-hydrogen) atoms. The summed E-state index contributed by atoms with van der Waals surface area (Å²) >= 11 is 1.45. The largest absolute Gasteiger partial charge is 0.324 e. The van der Waals surface area contributed by atoms with Crippen molar-refractivity contribution in [2.24, 2.45) is 5.73 Å². The molecule has 0 fully saturated rings. The lowest BCUT2D eigenvalue weighted by molar-refractivity contribution is 0.591. The molecule has 0 spiro atoms. The molecule has 2 aromatic rings. The first-order valence-electron chi connectivity index (χ1n) is 6.28. The van der Waals surface area contributed by atoms with Gasteiger partial charge in [-0.05, 0) is 49.6 Å². The van der Waals surface area contributed by atoms with Crippen LogP contribution in [0, 0.1) is 19.7 Å². The lowest BCUT2D eigenvalue weighted by Crippen LogP contribution is -2.07. The fourth-order valence-electron chi connectivity index (χ4n) is 1.92. The summed E-state index contributed by atoms with van der Waals surface area (Å²) < 4.78 is 14.1. The molecule has 2 N–H and O–H groups in total. The second-order valence-corrected chi connectivity index (χ2v) is 5.87. The maximum Gasteiger partial charge on any atom is 0.137 e. The first-order chi connectivity index (χ1) is 8.99. The Morgan fingerprint density at radius 1 is 1.16 bits per heavy atom. The molecular formula is C16H18FNS. The highest BCUT2D eigenvalue weighted by Crippen LogP contribution is 2.36. The van der Waals surface area contributed by atoms with Crippen molar-refractivity contribution >= 4 is 11.8 Å². The van der Waals surface area contributed by atoms with E-state index in [9.17, 15) is 4.39 Å². The molecular weight excluding hydrogens is 257 g/mol. The highest BCUT2D eigenvalue weighted by atomic mass is 32.2. The minimum atomic E-state index is -0.208. The molecule has 3 heteroatoms. The molecule has 0 aliphatic rings. The molecule has 0 radical (unpaired) electrons. The van der Waals surface area contributed by atoms with Gasteiger partial charge in [0.05, 0.1) is 4.90 Å². The molecule has 0 unspecified atom stereocenters. The molecule has 0 saturated carbocycles. The summed E-state index contributed by atoms with van der Waals surface area (Å²) in [5.74, 6) is -0.208. The van der Waals surface area contributed by atoms with Crippen LogP contribution in [0.4, 0.5) is 4.39 Å². The molecule has 0 bridgehead atoms. The minimum absolute atomic E-state index is 0.177. The Hall–Kier alpha value is -1.32. The maximum absolute atomic E-state index is 14.1. The SMILES string of the molecule is Cc1ccc(C)c(Sc2c(F)cccc2[C@@H](C)N)c1. The lowest BCUT2D eigenvalue weighted by atomic mass is 10.1. The third-order valence-electron chi connectivity index (χ3n) is 3.04. The van der Waals surface area contributed by atoms with Gasteiger partial charge in [-0.25, -0.2) is 4.39 Å². The smallest absolute Gasteiger partial charge is 0.137 e. The van der Waals surface area contributed by atoms with Crippen LogP contribution in [0.15, 0.2) is 46.2 Å². The Labute approximate surface area is 118 Å². The van der Waals surface area contributed by atoms with Gasteiger partial charge in [-0.15, -0.1) is 0 Å². The Morgan fingerprint density at radius 2 is 1.89 bits per heavy atom. The van der Waals surface area contributed by atoms with E-state index >= 15 is 0 Å². The zero-order chi connectivity index (χ0) is 14.0. The number of aryl methyl sites for hydroxylation is 2. The van der Waals surface area contributed by atoms with Crippen molar-refractivity contribution in [3.63, 3.8) is 0 Å². The quantitative estimate of drug-likeness (QED) is 0.885. The molecule has 0 heterocycles. The van der Waals surface area contributed by atoms with Crippen LogP contribution in [-0.4, -0.2) is 0 Å². The predicted molar refractivity (Wildman–Crippen MR) is 79.0 cm³/mol. The molecule has 2 aromatic carbocycles. The average molecular weight is 275 g/mol. The molecule has 0 amide bonds. The highest BCUT2D eigenvalue weighted by Gasteiger charge is 2.14. The van der Waals surface area contributed by atoms with E-state index in [-0.39, 0.29) is 11.9 Å². The van der Waals surface area contributed by atoms with Crippen LogP contribution in [0.5, 0.6) is 0 Å². The average Bonchev–Trinajstić information content (AvgIpc) is 2.35. The fourth-order valence-corrected chi connectivity index (χ4v) is 3.15. The highest BCUT2D eigenvalue weighted by molar-refractivity contribution is 7.99. The summed E-state index contributed by atoms with van der Waals surface area (Å²) in [5, 5.41) is 0. The van der Waals surface area contributed by atoms with E-state index in [2.05, 4.69) is 18.2 Å². The maximum atomic E-state index is 14.1. The molecule has 100 valence electrons. The molecule has 1 nitrogen and oxygen atoms in total. The second kappa shape index (κ2) is 5.76. The van der Waals surface area contributed by atoms with Crippen LogP contribution in [0.2, 0.25) is 0 Å². The normalized spacial score (nSPS) is 12.5. The minimum Gasteiger partial charge on any atom is -0.324 e. The lowest BCUT2D eigenvalue weighted by Gasteiger charge is -2.14. The van der Waals surface area contributed by atoms with Gasteiger partial charge in [0.15, 0.2) is 0 Å². The van der Waals surface area contributed by atoms with Gasteiger partial charge < -0.3 is 5.73 Å². The number of halogens is 1. The zero-order valence-electron chi connectivity index (χ0n) is 11.4. The first kappa shape index (κ1) is 14.1. The van der Waals surface area contributed by atoms with Crippen LogP contribution < -0.4 is 5.73 Å². The number of nitrogens with two attached hydrogens (primary N) is 1. The molecule has 0 aliphatic heterocycles. The van der Waals surface area contributed by atoms with Crippen molar-refractivity contribution in [1.29, 1.82) is 0 Å². The van der Waals surface area contributed by atoms with Crippen molar-refractivity contribution in [3.8, 4) is 0 Å². The van der Waals surface area contributed by atoms with Crippen molar-refractivity contribution in [3.05, 3.63) is 58.9 Å². The standard InChI is InChI=1S/C16H18FNS/c1-10-7-8-11(2)15(9-10)19-16-13(12(3)18)5-4-6-14(16)17/h4-9,12H,18H2,1-3H3/t12-/m1/s1. The second-order valence-electron chi connectivity index (χ2n) is 4.82. The van der Waals surface area contributed by atoms with E-state index in [4.69, 9.17) is 5.73 Å². The van der Waals surface area contributed by atoms with Crippen molar-refractivity contribution in [2.75, 3.05) is 0 Å². The topological polar surface area (TPSA) is 26.0 Å². The Kier molecular flexibility index (Phi) is 4.27. The summed E-state index contributed by atoms with van der Waals surface area (Å²) in [7, 11) is 0. The van der Waals surface area contributed by atoms with Crippen LogP contribution in [0.25, 0.3) is 0 Å².